The molecule has 0 atom stereocenters. The molecule has 19 heavy (non-hydrogen) atoms. The van der Waals surface area contributed by atoms with Gasteiger partial charge < -0.3 is 10.0 Å². The molecule has 1 aromatic carbocycles. The minimum Gasteiger partial charge on any atom is -0.477 e. The Balaban J connectivity index is 2.95. The minimum absolute atomic E-state index is 0.282. The van der Waals surface area contributed by atoms with Crippen molar-refractivity contribution in [1.29, 1.82) is 0 Å². The Morgan fingerprint density at radius 1 is 1.42 bits per heavy atom. The van der Waals surface area contributed by atoms with Crippen LogP contribution in [0.1, 0.15) is 36.5 Å². The summed E-state index contributed by atoms with van der Waals surface area (Å²) >= 11 is 0. The number of hydrogen-bond donors (Lipinski definition) is 1. The Morgan fingerprint density at radius 3 is 2.63 bits per heavy atom. The number of carboxylic acid groups (broad SMARTS) is 1. The fraction of sp³-hybridized carbons (Fsp3) is 0.462. The van der Waals surface area contributed by atoms with Crippen LogP contribution < -0.4 is 4.90 Å². The number of nitro groups is 1. The van der Waals surface area contributed by atoms with Crippen LogP contribution in [0.2, 0.25) is 0 Å². The van der Waals surface area contributed by atoms with Gasteiger partial charge in [-0.3, -0.25) is 10.1 Å². The highest BCUT2D eigenvalue weighted by Crippen LogP contribution is 2.25. The molecule has 0 aliphatic rings. The van der Waals surface area contributed by atoms with Gasteiger partial charge in [-0.25, -0.2) is 4.79 Å². The van der Waals surface area contributed by atoms with Crippen LogP contribution in [0.4, 0.5) is 11.4 Å². The predicted octanol–water partition coefficient (Wildman–Crippen LogP) is 2.92. The van der Waals surface area contributed by atoms with Crippen molar-refractivity contribution < 1.29 is 14.8 Å². The van der Waals surface area contributed by atoms with Gasteiger partial charge in [-0.15, -0.1) is 0 Å². The first-order chi connectivity index (χ1) is 8.97. The smallest absolute Gasteiger partial charge is 0.342 e. The summed E-state index contributed by atoms with van der Waals surface area (Å²) in [6, 6.07) is 4.20. The molecule has 0 aliphatic carbocycles. The maximum Gasteiger partial charge on any atom is 0.342 e. The molecule has 0 amide bonds. The van der Waals surface area contributed by atoms with Crippen LogP contribution >= 0.6 is 0 Å². The van der Waals surface area contributed by atoms with E-state index in [2.05, 4.69) is 6.92 Å². The van der Waals surface area contributed by atoms with E-state index >= 15 is 0 Å². The second-order valence-corrected chi connectivity index (χ2v) is 4.39. The number of benzene rings is 1. The van der Waals surface area contributed by atoms with Crippen molar-refractivity contribution in [2.24, 2.45) is 0 Å². The van der Waals surface area contributed by atoms with E-state index in [0.717, 1.165) is 25.8 Å². The van der Waals surface area contributed by atoms with Gasteiger partial charge in [-0.2, -0.15) is 0 Å². The summed E-state index contributed by atoms with van der Waals surface area (Å²) in [7, 11) is 1.84. The van der Waals surface area contributed by atoms with Gasteiger partial charge in [0, 0.05) is 25.3 Å². The molecule has 0 fully saturated rings. The second kappa shape index (κ2) is 6.72. The van der Waals surface area contributed by atoms with Gasteiger partial charge >= 0.3 is 5.97 Å². The average Bonchev–Trinajstić information content (AvgIpc) is 2.38. The van der Waals surface area contributed by atoms with Gasteiger partial charge in [-0.1, -0.05) is 19.8 Å². The van der Waals surface area contributed by atoms with Gasteiger partial charge in [0.05, 0.1) is 4.92 Å². The molecule has 0 bridgehead atoms. The maximum absolute atomic E-state index is 10.9. The van der Waals surface area contributed by atoms with Crippen LogP contribution in [-0.4, -0.2) is 29.6 Å². The summed E-state index contributed by atoms with van der Waals surface area (Å²) in [6.45, 7) is 2.89. The van der Waals surface area contributed by atoms with E-state index in [0.29, 0.717) is 5.69 Å². The van der Waals surface area contributed by atoms with Gasteiger partial charge in [0.15, 0.2) is 0 Å². The van der Waals surface area contributed by atoms with Crippen LogP contribution in [0.5, 0.6) is 0 Å². The number of nitrogens with zero attached hydrogens (tertiary/aromatic N) is 2. The lowest BCUT2D eigenvalue weighted by molar-refractivity contribution is -0.385. The predicted molar refractivity (Wildman–Crippen MR) is 72.9 cm³/mol. The van der Waals surface area contributed by atoms with Crippen molar-refractivity contribution in [1.82, 2.24) is 0 Å². The Morgan fingerprint density at radius 2 is 2.11 bits per heavy atom. The normalized spacial score (nSPS) is 10.2. The van der Waals surface area contributed by atoms with E-state index in [1.54, 1.807) is 6.07 Å². The largest absolute Gasteiger partial charge is 0.477 e. The first-order valence-electron chi connectivity index (χ1n) is 6.20. The molecule has 6 nitrogen and oxygen atoms in total. The standard InChI is InChI=1S/C13H18N2O4/c1-3-4-5-8-14(2)10-6-7-11(13(16)17)12(9-10)15(18)19/h6-7,9H,3-5,8H2,1-2H3,(H,16,17). The highest BCUT2D eigenvalue weighted by atomic mass is 16.6. The highest BCUT2D eigenvalue weighted by Gasteiger charge is 2.20. The summed E-state index contributed by atoms with van der Waals surface area (Å²) in [5.74, 6) is -1.29. The minimum atomic E-state index is -1.29. The molecule has 0 spiro atoms. The van der Waals surface area contributed by atoms with Crippen molar-refractivity contribution in [2.75, 3.05) is 18.5 Å². The lowest BCUT2D eigenvalue weighted by Crippen LogP contribution is -2.18. The molecule has 0 heterocycles. The summed E-state index contributed by atoms with van der Waals surface area (Å²) < 4.78 is 0. The molecule has 1 aromatic rings. The lowest BCUT2D eigenvalue weighted by atomic mass is 10.1. The van der Waals surface area contributed by atoms with Gasteiger partial charge in [-0.05, 0) is 18.6 Å². The molecule has 0 aromatic heterocycles. The number of aromatic carboxylic acids is 1. The molecule has 0 radical (unpaired) electrons. The quantitative estimate of drug-likeness (QED) is 0.466. The van der Waals surface area contributed by atoms with Crippen LogP contribution in [0, 0.1) is 10.1 Å². The molecule has 1 N–H and O–H groups in total. The van der Waals surface area contributed by atoms with Crippen molar-refractivity contribution in [3.63, 3.8) is 0 Å². The zero-order valence-corrected chi connectivity index (χ0v) is 11.1. The molecule has 1 rings (SSSR count). The van der Waals surface area contributed by atoms with E-state index in [-0.39, 0.29) is 11.3 Å². The number of carbonyl (C=O) groups is 1. The van der Waals surface area contributed by atoms with Crippen LogP contribution in [0.15, 0.2) is 18.2 Å². The van der Waals surface area contributed by atoms with E-state index in [4.69, 9.17) is 5.11 Å². The zero-order chi connectivity index (χ0) is 14.4. The van der Waals surface area contributed by atoms with Crippen molar-refractivity contribution in [3.8, 4) is 0 Å². The SMILES string of the molecule is CCCCCN(C)c1ccc(C(=O)O)c([N+](=O)[O-])c1. The second-order valence-electron chi connectivity index (χ2n) is 4.39. The summed E-state index contributed by atoms with van der Waals surface area (Å²) in [6.07, 6.45) is 3.20. The lowest BCUT2D eigenvalue weighted by Gasteiger charge is -2.19. The monoisotopic (exact) mass is 266 g/mol. The molecule has 0 saturated heterocycles. The van der Waals surface area contributed by atoms with E-state index in [1.165, 1.54) is 12.1 Å². The van der Waals surface area contributed by atoms with Gasteiger partial charge in [0.25, 0.3) is 5.69 Å². The number of rotatable bonds is 7. The number of hydrogen-bond acceptors (Lipinski definition) is 4. The van der Waals surface area contributed by atoms with Crippen LogP contribution in [-0.2, 0) is 0 Å². The van der Waals surface area contributed by atoms with Crippen molar-refractivity contribution in [3.05, 3.63) is 33.9 Å². The number of unbranched alkanes of at least 4 members (excludes halogenated alkanes) is 2. The van der Waals surface area contributed by atoms with Gasteiger partial charge in [0.1, 0.15) is 5.56 Å². The van der Waals surface area contributed by atoms with E-state index < -0.39 is 10.9 Å². The highest BCUT2D eigenvalue weighted by molar-refractivity contribution is 5.93. The molecule has 0 unspecified atom stereocenters. The molecule has 0 saturated carbocycles. The molecule has 104 valence electrons. The van der Waals surface area contributed by atoms with Gasteiger partial charge in [0.2, 0.25) is 0 Å². The fourth-order valence-corrected chi connectivity index (χ4v) is 1.82. The summed E-state index contributed by atoms with van der Waals surface area (Å²) in [5, 5.41) is 19.8. The number of carboxylic acids is 1. The van der Waals surface area contributed by atoms with Crippen molar-refractivity contribution in [2.45, 2.75) is 26.2 Å². The zero-order valence-electron chi connectivity index (χ0n) is 11.1. The third kappa shape index (κ3) is 3.94. The molecular weight excluding hydrogens is 248 g/mol. The first kappa shape index (κ1) is 14.9. The fourth-order valence-electron chi connectivity index (χ4n) is 1.82. The summed E-state index contributed by atoms with van der Waals surface area (Å²) in [4.78, 5) is 23.0. The molecule has 0 aliphatic heterocycles. The molecule has 6 heteroatoms. The Labute approximate surface area is 111 Å². The van der Waals surface area contributed by atoms with E-state index in [9.17, 15) is 14.9 Å². The van der Waals surface area contributed by atoms with Crippen LogP contribution in [0.3, 0.4) is 0 Å². The average molecular weight is 266 g/mol. The number of nitro benzene ring substituents is 1. The Hall–Kier alpha value is -2.11. The number of anilines is 1. The van der Waals surface area contributed by atoms with E-state index in [1.807, 2.05) is 11.9 Å². The Kier molecular flexibility index (Phi) is 5.29. The van der Waals surface area contributed by atoms with Crippen LogP contribution in [0.25, 0.3) is 0 Å². The maximum atomic E-state index is 10.9. The molecular formula is C13H18N2O4. The Bertz CT molecular complexity index is 474. The third-order valence-corrected chi connectivity index (χ3v) is 2.95. The van der Waals surface area contributed by atoms with Crippen molar-refractivity contribution >= 4 is 17.3 Å². The third-order valence-electron chi connectivity index (χ3n) is 2.95. The summed E-state index contributed by atoms with van der Waals surface area (Å²) in [5.41, 5.74) is 0.0100. The first-order valence-corrected chi connectivity index (χ1v) is 6.20. The topological polar surface area (TPSA) is 83.7 Å².